The van der Waals surface area contributed by atoms with Crippen molar-refractivity contribution < 1.29 is 8.42 Å². The van der Waals surface area contributed by atoms with E-state index >= 15 is 0 Å². The van der Waals surface area contributed by atoms with Gasteiger partial charge in [0.1, 0.15) is 0 Å². The van der Waals surface area contributed by atoms with Gasteiger partial charge in [-0.1, -0.05) is 11.6 Å². The molecule has 2 aromatic heterocycles. The number of pyridine rings is 1. The Balaban J connectivity index is 1.67. The highest BCUT2D eigenvalue weighted by molar-refractivity contribution is 7.89. The van der Waals surface area contributed by atoms with Gasteiger partial charge >= 0.3 is 0 Å². The molecule has 0 aliphatic rings. The van der Waals surface area contributed by atoms with E-state index in [0.717, 1.165) is 16.6 Å². The molecule has 0 bridgehead atoms. The molecule has 0 saturated carbocycles. The van der Waals surface area contributed by atoms with Crippen LogP contribution < -0.4 is 16.1 Å². The van der Waals surface area contributed by atoms with Gasteiger partial charge in [0.05, 0.1) is 39.4 Å². The molecule has 0 fully saturated rings. The van der Waals surface area contributed by atoms with E-state index in [2.05, 4.69) is 20.6 Å². The summed E-state index contributed by atoms with van der Waals surface area (Å²) < 4.78 is 24.4. The number of fused-ring (bicyclic) bond motifs is 1. The third kappa shape index (κ3) is 4.28. The van der Waals surface area contributed by atoms with Crippen LogP contribution in [0.4, 0.5) is 5.69 Å². The van der Waals surface area contributed by atoms with Crippen LogP contribution in [0.25, 0.3) is 16.6 Å². The average Bonchev–Trinajstić information content (AvgIpc) is 3.12. The van der Waals surface area contributed by atoms with Gasteiger partial charge in [-0.2, -0.15) is 10.2 Å². The van der Waals surface area contributed by atoms with Crippen molar-refractivity contribution in [2.75, 3.05) is 5.43 Å². The van der Waals surface area contributed by atoms with Crippen LogP contribution in [0, 0.1) is 6.92 Å². The number of sulfonamides is 1. The predicted octanol–water partition coefficient (Wildman–Crippen LogP) is 3.16. The Bertz CT molecular complexity index is 1520. The highest BCUT2D eigenvalue weighted by Crippen LogP contribution is 2.24. The lowest BCUT2D eigenvalue weighted by Gasteiger charge is -2.10. The Hall–Kier alpha value is -3.47. The number of nitrogens with one attached hydrogen (secondary N) is 2. The zero-order chi connectivity index (χ0) is 23.0. The lowest BCUT2D eigenvalue weighted by atomic mass is 10.1. The number of hydrogen-bond donors (Lipinski definition) is 3. The van der Waals surface area contributed by atoms with Crippen molar-refractivity contribution in [3.05, 3.63) is 81.4 Å². The molecule has 0 radical (unpaired) electrons. The third-order valence-corrected chi connectivity index (χ3v) is 6.11. The van der Waals surface area contributed by atoms with Gasteiger partial charge in [-0.15, -0.1) is 0 Å². The molecule has 9 nitrogen and oxygen atoms in total. The lowest BCUT2D eigenvalue weighted by molar-refractivity contribution is 0.598. The maximum atomic E-state index is 12.2. The molecule has 4 rings (SSSR count). The van der Waals surface area contributed by atoms with Gasteiger partial charge in [-0.3, -0.25) is 10.2 Å². The number of primary sulfonamides is 1. The van der Waals surface area contributed by atoms with E-state index in [4.69, 9.17) is 16.7 Å². The first-order chi connectivity index (χ1) is 15.1. The Morgan fingerprint density at radius 3 is 2.59 bits per heavy atom. The van der Waals surface area contributed by atoms with E-state index < -0.39 is 10.0 Å². The highest BCUT2D eigenvalue weighted by Gasteiger charge is 2.14. The Morgan fingerprint density at radius 1 is 1.19 bits per heavy atom. The summed E-state index contributed by atoms with van der Waals surface area (Å²) in [5, 5.41) is 15.2. The second-order valence-electron chi connectivity index (χ2n) is 7.14. The summed E-state index contributed by atoms with van der Waals surface area (Å²) in [4.78, 5) is 15.0. The first kappa shape index (κ1) is 21.8. The smallest absolute Gasteiger partial charge is 0.250 e. The summed E-state index contributed by atoms with van der Waals surface area (Å²) in [5.74, 6) is 0. The molecule has 0 aliphatic carbocycles. The first-order valence-electron chi connectivity index (χ1n) is 9.44. The number of nitrogens with two attached hydrogens (primary N) is 1. The van der Waals surface area contributed by atoms with E-state index in [9.17, 15) is 13.2 Å². The molecule has 0 atom stereocenters. The average molecular weight is 471 g/mol. The van der Waals surface area contributed by atoms with E-state index in [1.165, 1.54) is 18.2 Å². The summed E-state index contributed by atoms with van der Waals surface area (Å²) in [6.07, 6.45) is 1.66. The molecule has 0 unspecified atom stereocenters. The molecular weight excluding hydrogens is 452 g/mol. The molecule has 2 heterocycles. The molecule has 11 heteroatoms. The van der Waals surface area contributed by atoms with Crippen LogP contribution in [0.2, 0.25) is 5.02 Å². The van der Waals surface area contributed by atoms with Crippen molar-refractivity contribution in [3.8, 4) is 5.69 Å². The number of aromatic amines is 1. The van der Waals surface area contributed by atoms with Gasteiger partial charge in [0, 0.05) is 22.0 Å². The highest BCUT2D eigenvalue weighted by atomic mass is 35.5. The minimum absolute atomic E-state index is 0.0195. The second-order valence-corrected chi connectivity index (χ2v) is 9.14. The van der Waals surface area contributed by atoms with E-state index in [-0.39, 0.29) is 10.5 Å². The molecule has 0 amide bonds. The number of H-pyrrole nitrogens is 1. The normalized spacial score (nSPS) is 12.3. The van der Waals surface area contributed by atoms with Crippen molar-refractivity contribution >= 4 is 43.9 Å². The summed E-state index contributed by atoms with van der Waals surface area (Å²) in [5.41, 5.74) is 6.70. The number of benzene rings is 2. The van der Waals surface area contributed by atoms with Crippen molar-refractivity contribution in [2.45, 2.75) is 18.7 Å². The number of rotatable bonds is 5. The lowest BCUT2D eigenvalue weighted by Crippen LogP contribution is -2.11. The summed E-state index contributed by atoms with van der Waals surface area (Å²) >= 11 is 6.16. The van der Waals surface area contributed by atoms with Gasteiger partial charge in [0.25, 0.3) is 5.56 Å². The van der Waals surface area contributed by atoms with Gasteiger partial charge in [-0.05, 0) is 56.3 Å². The molecule has 4 aromatic rings. The Kier molecular flexibility index (Phi) is 5.59. The van der Waals surface area contributed by atoms with Crippen LogP contribution in [-0.2, 0) is 10.0 Å². The molecule has 164 valence electrons. The van der Waals surface area contributed by atoms with Crippen LogP contribution in [0.3, 0.4) is 0 Å². The predicted molar refractivity (Wildman–Crippen MR) is 125 cm³/mol. The zero-order valence-electron chi connectivity index (χ0n) is 17.1. The Morgan fingerprint density at radius 2 is 1.91 bits per heavy atom. The van der Waals surface area contributed by atoms with Crippen LogP contribution in [0.5, 0.6) is 0 Å². The van der Waals surface area contributed by atoms with Gasteiger partial charge < -0.3 is 4.98 Å². The van der Waals surface area contributed by atoms with Crippen LogP contribution in [0.15, 0.2) is 69.5 Å². The van der Waals surface area contributed by atoms with Gasteiger partial charge in [-0.25, -0.2) is 18.2 Å². The van der Waals surface area contributed by atoms with E-state index in [1.54, 1.807) is 41.2 Å². The number of hydrazone groups is 1. The minimum atomic E-state index is -3.75. The molecule has 0 aliphatic heterocycles. The molecule has 4 N–H and O–H groups in total. The summed E-state index contributed by atoms with van der Waals surface area (Å²) in [6.45, 7) is 3.69. The molecule has 0 spiro atoms. The molecule has 0 saturated heterocycles. The van der Waals surface area contributed by atoms with E-state index in [1.807, 2.05) is 13.8 Å². The van der Waals surface area contributed by atoms with Crippen molar-refractivity contribution in [3.63, 3.8) is 0 Å². The van der Waals surface area contributed by atoms with Crippen LogP contribution in [-0.4, -0.2) is 28.9 Å². The fourth-order valence-corrected chi connectivity index (χ4v) is 4.01. The summed E-state index contributed by atoms with van der Waals surface area (Å²) in [6, 6.07) is 12.6. The zero-order valence-corrected chi connectivity index (χ0v) is 18.7. The van der Waals surface area contributed by atoms with E-state index in [0.29, 0.717) is 27.6 Å². The maximum Gasteiger partial charge on any atom is 0.250 e. The number of aromatic nitrogens is 3. The van der Waals surface area contributed by atoms with Crippen LogP contribution >= 0.6 is 11.6 Å². The van der Waals surface area contributed by atoms with Crippen molar-refractivity contribution in [2.24, 2.45) is 10.2 Å². The number of nitrogens with zero attached hydrogens (tertiary/aromatic N) is 3. The quantitative estimate of drug-likeness (QED) is 0.304. The van der Waals surface area contributed by atoms with Gasteiger partial charge in [0.15, 0.2) is 0 Å². The minimum Gasteiger partial charge on any atom is -0.322 e. The van der Waals surface area contributed by atoms with Crippen molar-refractivity contribution in [1.29, 1.82) is 0 Å². The first-order valence-corrected chi connectivity index (χ1v) is 11.4. The molecule has 2 aromatic carbocycles. The largest absolute Gasteiger partial charge is 0.322 e. The fourth-order valence-electron chi connectivity index (χ4n) is 3.32. The Labute approximate surface area is 188 Å². The monoisotopic (exact) mass is 470 g/mol. The van der Waals surface area contributed by atoms with Crippen LogP contribution in [0.1, 0.15) is 18.2 Å². The number of anilines is 1. The molecular formula is C21H19ClN6O3S. The standard InChI is InChI=1S/C21H19ClN6O3S/c1-12(26-27-15-4-6-16(7-5-15)32(23,30)31)18-11-24-28(13(18)2)20-10-21(29)25-19-8-3-14(22)9-17(19)20/h3-11,27H,1-2H3,(H,25,29)(H2,23,30,31)/b26-12+. The summed E-state index contributed by atoms with van der Waals surface area (Å²) in [7, 11) is -3.75. The number of halogens is 1. The second kappa shape index (κ2) is 8.23. The SMILES string of the molecule is C/C(=N\Nc1ccc(S(N)(=O)=O)cc1)c1cnn(-c2cc(=O)[nH]c3ccc(Cl)cc23)c1C. The third-order valence-electron chi connectivity index (χ3n) is 4.95. The maximum absolute atomic E-state index is 12.2. The fraction of sp³-hybridized carbons (Fsp3) is 0.0952. The van der Waals surface area contributed by atoms with Gasteiger partial charge in [0.2, 0.25) is 10.0 Å². The van der Waals surface area contributed by atoms with Crippen molar-refractivity contribution in [1.82, 2.24) is 14.8 Å². The molecule has 32 heavy (non-hydrogen) atoms. The number of hydrogen-bond acceptors (Lipinski definition) is 6. The topological polar surface area (TPSA) is 135 Å².